The second kappa shape index (κ2) is 13.1. The monoisotopic (exact) mass is 544 g/mol. The SMILES string of the molecule is [C-]#[N+]c1nc(Cl)c(Cl)nc1C#N.[C-]#[N+]c1nc(Sc2ccccc2)c(Sc2ccccc2)nc1C#N. The van der Waals surface area contributed by atoms with Crippen molar-refractivity contribution >= 4 is 58.4 Å². The minimum Gasteiger partial charge on any atom is -0.358 e. The molecule has 0 aliphatic rings. The van der Waals surface area contributed by atoms with Gasteiger partial charge in [-0.05, 0) is 47.6 Å². The highest BCUT2D eigenvalue weighted by atomic mass is 35.5. The third kappa shape index (κ3) is 6.93. The van der Waals surface area contributed by atoms with E-state index in [1.807, 2.05) is 66.7 Å². The van der Waals surface area contributed by atoms with Crippen molar-refractivity contribution in [3.63, 3.8) is 0 Å². The molecule has 0 spiro atoms. The fourth-order valence-corrected chi connectivity index (χ4v) is 4.49. The molecule has 0 aliphatic heterocycles. The number of hydrogen-bond acceptors (Lipinski definition) is 8. The Morgan fingerprint density at radius 3 is 1.53 bits per heavy atom. The molecule has 0 fully saturated rings. The summed E-state index contributed by atoms with van der Waals surface area (Å²) in [6.07, 6.45) is 0. The van der Waals surface area contributed by atoms with E-state index >= 15 is 0 Å². The lowest BCUT2D eigenvalue weighted by Gasteiger charge is -2.06. The fraction of sp³-hybridized carbons (Fsp3) is 0. The van der Waals surface area contributed by atoms with Crippen LogP contribution in [0.4, 0.5) is 11.6 Å². The fourth-order valence-electron chi connectivity index (χ4n) is 2.42. The minimum atomic E-state index is -0.132. The summed E-state index contributed by atoms with van der Waals surface area (Å²) in [5.41, 5.74) is -0.0553. The molecule has 0 amide bonds. The molecule has 0 saturated carbocycles. The molecule has 8 nitrogen and oxygen atoms in total. The topological polar surface area (TPSA) is 108 Å². The first-order valence-electron chi connectivity index (χ1n) is 9.65. The van der Waals surface area contributed by atoms with Crippen molar-refractivity contribution in [1.29, 1.82) is 10.5 Å². The van der Waals surface area contributed by atoms with E-state index in [0.29, 0.717) is 10.1 Å². The number of nitrogens with zero attached hydrogens (tertiary/aromatic N) is 8. The lowest BCUT2D eigenvalue weighted by Crippen LogP contribution is -1.94. The van der Waals surface area contributed by atoms with Crippen LogP contribution in [0.3, 0.4) is 0 Å². The summed E-state index contributed by atoms with van der Waals surface area (Å²) in [6, 6.07) is 23.2. The summed E-state index contributed by atoms with van der Waals surface area (Å²) >= 11 is 13.8. The zero-order chi connectivity index (χ0) is 25.9. The molecule has 0 saturated heterocycles. The zero-order valence-electron chi connectivity index (χ0n) is 17.9. The number of benzene rings is 2. The van der Waals surface area contributed by atoms with Crippen molar-refractivity contribution in [2.45, 2.75) is 19.8 Å². The summed E-state index contributed by atoms with van der Waals surface area (Å²) in [5, 5.41) is 18.8. The number of nitriles is 2. The van der Waals surface area contributed by atoms with E-state index in [1.165, 1.54) is 23.5 Å². The Hall–Kier alpha value is -4.16. The van der Waals surface area contributed by atoms with E-state index in [0.717, 1.165) is 9.79 Å². The number of hydrogen-bond donors (Lipinski definition) is 0. The van der Waals surface area contributed by atoms with Gasteiger partial charge in [0.15, 0.2) is 21.6 Å². The Balaban J connectivity index is 0.000000253. The van der Waals surface area contributed by atoms with Gasteiger partial charge in [0, 0.05) is 9.79 Å². The Bertz CT molecular complexity index is 1440. The molecule has 172 valence electrons. The van der Waals surface area contributed by atoms with Crippen LogP contribution in [0.2, 0.25) is 10.3 Å². The van der Waals surface area contributed by atoms with Crippen LogP contribution in [0, 0.1) is 35.8 Å². The highest BCUT2D eigenvalue weighted by molar-refractivity contribution is 8.02. The van der Waals surface area contributed by atoms with Crippen LogP contribution in [0.15, 0.2) is 80.5 Å². The van der Waals surface area contributed by atoms with Gasteiger partial charge >= 0.3 is 11.6 Å². The zero-order valence-corrected chi connectivity index (χ0v) is 21.1. The van der Waals surface area contributed by atoms with Crippen molar-refractivity contribution in [1.82, 2.24) is 19.9 Å². The lowest BCUT2D eigenvalue weighted by atomic mass is 10.4. The Morgan fingerprint density at radius 1 is 0.639 bits per heavy atom. The second-order valence-corrected chi connectivity index (χ2v) is 9.10. The normalized spacial score (nSPS) is 9.50. The van der Waals surface area contributed by atoms with Crippen molar-refractivity contribution in [3.05, 3.63) is 105 Å². The molecular formula is C24H10Cl2N8S2. The summed E-state index contributed by atoms with van der Waals surface area (Å²) in [5.74, 6) is -0.0970. The maximum atomic E-state index is 9.21. The van der Waals surface area contributed by atoms with Crippen molar-refractivity contribution in [3.8, 4) is 12.1 Å². The maximum Gasteiger partial charge on any atom is 0.307 e. The van der Waals surface area contributed by atoms with Crippen LogP contribution in [0.25, 0.3) is 9.69 Å². The van der Waals surface area contributed by atoms with E-state index in [1.54, 1.807) is 6.07 Å². The first-order valence-corrected chi connectivity index (χ1v) is 12.0. The van der Waals surface area contributed by atoms with E-state index in [4.69, 9.17) is 41.6 Å². The summed E-state index contributed by atoms with van der Waals surface area (Å²) in [4.78, 5) is 24.1. The van der Waals surface area contributed by atoms with E-state index < -0.39 is 0 Å². The molecule has 2 aromatic heterocycles. The molecular weight excluding hydrogens is 535 g/mol. The molecule has 4 aromatic rings. The molecule has 0 atom stereocenters. The van der Waals surface area contributed by atoms with Gasteiger partial charge in [0.25, 0.3) is 5.15 Å². The van der Waals surface area contributed by atoms with Crippen LogP contribution >= 0.6 is 46.7 Å². The van der Waals surface area contributed by atoms with E-state index in [-0.39, 0.29) is 33.3 Å². The molecule has 4 rings (SSSR count). The molecule has 2 heterocycles. The average molecular weight is 545 g/mol. The number of halogens is 2. The molecule has 0 radical (unpaired) electrons. The maximum absolute atomic E-state index is 9.21. The number of rotatable bonds is 4. The Kier molecular flexibility index (Phi) is 9.60. The summed E-state index contributed by atoms with van der Waals surface area (Å²) in [7, 11) is 0. The largest absolute Gasteiger partial charge is 0.358 e. The standard InChI is InChI=1S/C18H10N4S2.C6Cl2N4/c1-20-16-15(12-19)21-17(23-13-8-4-2-5-9-13)18(22-16)24-14-10-6-3-7-11-14;1-10-6-3(2-9)11-4(7)5(8)12-6/h2-11H;. The van der Waals surface area contributed by atoms with Gasteiger partial charge in [-0.25, -0.2) is 9.97 Å². The van der Waals surface area contributed by atoms with Gasteiger partial charge in [0.2, 0.25) is 5.03 Å². The summed E-state index contributed by atoms with van der Waals surface area (Å²) < 4.78 is 0. The van der Waals surface area contributed by atoms with E-state index in [9.17, 15) is 5.26 Å². The van der Waals surface area contributed by atoms with Gasteiger partial charge in [-0.15, -0.1) is 9.97 Å². The number of aromatic nitrogens is 4. The van der Waals surface area contributed by atoms with Crippen LogP contribution in [0.5, 0.6) is 0 Å². The third-order valence-corrected chi connectivity index (χ3v) is 6.68. The van der Waals surface area contributed by atoms with Gasteiger partial charge in [-0.2, -0.15) is 10.5 Å². The van der Waals surface area contributed by atoms with Gasteiger partial charge in [-0.1, -0.05) is 72.9 Å². The van der Waals surface area contributed by atoms with Crippen molar-refractivity contribution in [2.75, 3.05) is 0 Å². The van der Waals surface area contributed by atoms with Crippen LogP contribution in [-0.4, -0.2) is 19.9 Å². The first-order chi connectivity index (χ1) is 17.5. The average Bonchev–Trinajstić information content (AvgIpc) is 2.92. The molecule has 2 aromatic carbocycles. The smallest absolute Gasteiger partial charge is 0.307 e. The van der Waals surface area contributed by atoms with Gasteiger partial charge < -0.3 is 9.69 Å². The predicted octanol–water partition coefficient (Wildman–Crippen LogP) is 7.41. The lowest BCUT2D eigenvalue weighted by molar-refractivity contribution is 0.919. The summed E-state index contributed by atoms with van der Waals surface area (Å²) in [6.45, 7) is 13.8. The molecule has 12 heteroatoms. The van der Waals surface area contributed by atoms with Crippen LogP contribution < -0.4 is 0 Å². The van der Waals surface area contributed by atoms with Crippen LogP contribution in [0.1, 0.15) is 11.4 Å². The third-order valence-electron chi connectivity index (χ3n) is 3.95. The van der Waals surface area contributed by atoms with Gasteiger partial charge in [0.1, 0.15) is 12.1 Å². The molecule has 0 aliphatic carbocycles. The second-order valence-electron chi connectivity index (χ2n) is 6.26. The van der Waals surface area contributed by atoms with Crippen molar-refractivity contribution in [2.24, 2.45) is 0 Å². The molecule has 0 bridgehead atoms. The van der Waals surface area contributed by atoms with Gasteiger partial charge in [0.05, 0.1) is 0 Å². The molecule has 0 N–H and O–H groups in total. The predicted molar refractivity (Wildman–Crippen MR) is 137 cm³/mol. The quantitative estimate of drug-likeness (QED) is 0.244. The van der Waals surface area contributed by atoms with Crippen molar-refractivity contribution < 1.29 is 0 Å². The minimum absolute atomic E-state index is 0.0355. The Labute approximate surface area is 225 Å². The first kappa shape index (κ1) is 26.4. The van der Waals surface area contributed by atoms with Crippen LogP contribution in [-0.2, 0) is 0 Å². The molecule has 0 unspecified atom stereocenters. The highest BCUT2D eigenvalue weighted by Crippen LogP contribution is 2.38. The van der Waals surface area contributed by atoms with E-state index in [2.05, 4.69) is 29.6 Å². The van der Waals surface area contributed by atoms with Gasteiger partial charge in [-0.3, -0.25) is 0 Å². The Morgan fingerprint density at radius 2 is 1.06 bits per heavy atom. The highest BCUT2D eigenvalue weighted by Gasteiger charge is 2.19. The molecule has 36 heavy (non-hydrogen) atoms.